The molecule has 0 N–H and O–H groups in total. The van der Waals surface area contributed by atoms with Gasteiger partial charge in [-0.1, -0.05) is 69.4 Å². The fourth-order valence-electron chi connectivity index (χ4n) is 6.13. The molecule has 4 heteroatoms. The molecule has 0 heterocycles. The van der Waals surface area contributed by atoms with Crippen molar-refractivity contribution in [2.75, 3.05) is 0 Å². The Balaban J connectivity index is 1.27. The van der Waals surface area contributed by atoms with E-state index >= 15 is 0 Å². The topological polar surface area (TPSA) is 9.23 Å². The van der Waals surface area contributed by atoms with E-state index in [1.165, 1.54) is 88.3 Å². The highest BCUT2D eigenvalue weighted by Gasteiger charge is 2.35. The molecule has 2 saturated carbocycles. The second-order valence-electron chi connectivity index (χ2n) is 10.5. The lowest BCUT2D eigenvalue weighted by Gasteiger charge is -2.42. The maximum Gasteiger partial charge on any atom is 0.573 e. The van der Waals surface area contributed by atoms with Crippen LogP contribution < -0.4 is 4.74 Å². The van der Waals surface area contributed by atoms with Gasteiger partial charge in [0.25, 0.3) is 0 Å². The second kappa shape index (κ2) is 12.0. The molecule has 188 valence electrons. The fraction of sp³-hybridized carbons (Fsp3) is 0.548. The molecule has 0 aliphatic heterocycles. The van der Waals surface area contributed by atoms with E-state index in [2.05, 4.69) is 47.8 Å². The van der Waals surface area contributed by atoms with Crippen LogP contribution in [0.5, 0.6) is 5.75 Å². The van der Waals surface area contributed by atoms with Gasteiger partial charge in [0.15, 0.2) is 0 Å². The van der Waals surface area contributed by atoms with Crippen LogP contribution in [0.2, 0.25) is 0 Å². The van der Waals surface area contributed by atoms with Gasteiger partial charge >= 0.3 is 6.36 Å². The fourth-order valence-corrected chi connectivity index (χ4v) is 6.13. The average molecular weight is 483 g/mol. The van der Waals surface area contributed by atoms with Crippen molar-refractivity contribution in [1.29, 1.82) is 0 Å². The number of benzene rings is 2. The predicted octanol–water partition coefficient (Wildman–Crippen LogP) is 9.26. The van der Waals surface area contributed by atoms with Crippen LogP contribution in [0, 0.1) is 29.6 Å². The summed E-state index contributed by atoms with van der Waals surface area (Å²) in [5.41, 5.74) is 2.99. The van der Waals surface area contributed by atoms with Crippen molar-refractivity contribution in [3.63, 3.8) is 0 Å². The van der Waals surface area contributed by atoms with Crippen LogP contribution in [0.4, 0.5) is 13.2 Å². The number of alkyl halides is 3. The Labute approximate surface area is 208 Å². The molecule has 4 unspecified atom stereocenters. The lowest BCUT2D eigenvalue weighted by atomic mass is 9.63. The van der Waals surface area contributed by atoms with Gasteiger partial charge in [-0.15, -0.1) is 13.2 Å². The first-order valence-corrected chi connectivity index (χ1v) is 13.4. The van der Waals surface area contributed by atoms with Gasteiger partial charge in [0.2, 0.25) is 0 Å². The molecule has 0 amide bonds. The van der Waals surface area contributed by atoms with Crippen molar-refractivity contribution in [2.45, 2.75) is 89.8 Å². The van der Waals surface area contributed by atoms with Gasteiger partial charge < -0.3 is 4.74 Å². The zero-order valence-corrected chi connectivity index (χ0v) is 20.7. The highest BCUT2D eigenvalue weighted by atomic mass is 19.4. The Bertz CT molecular complexity index is 981. The summed E-state index contributed by atoms with van der Waals surface area (Å²) in [6.45, 7) is 2.29. The predicted molar refractivity (Wildman–Crippen MR) is 135 cm³/mol. The molecule has 2 aromatic rings. The number of rotatable bonds is 7. The molecule has 0 bridgehead atoms. The molecule has 0 spiro atoms. The third kappa shape index (κ3) is 7.79. The lowest BCUT2D eigenvalue weighted by molar-refractivity contribution is -0.274. The Kier molecular flexibility index (Phi) is 8.82. The molecule has 0 aromatic heterocycles. The average Bonchev–Trinajstić information content (AvgIpc) is 2.85. The van der Waals surface area contributed by atoms with E-state index in [1.54, 1.807) is 12.1 Å². The largest absolute Gasteiger partial charge is 0.573 e. The molecule has 0 radical (unpaired) electrons. The number of ether oxygens (including phenoxy) is 1. The first-order chi connectivity index (χ1) is 16.9. The quantitative estimate of drug-likeness (QED) is 0.282. The van der Waals surface area contributed by atoms with Gasteiger partial charge in [-0.2, -0.15) is 0 Å². The van der Waals surface area contributed by atoms with E-state index in [4.69, 9.17) is 0 Å². The molecule has 35 heavy (non-hydrogen) atoms. The summed E-state index contributed by atoms with van der Waals surface area (Å²) >= 11 is 0. The molecule has 2 aliphatic carbocycles. The van der Waals surface area contributed by atoms with Crippen molar-refractivity contribution in [2.24, 2.45) is 17.8 Å². The van der Waals surface area contributed by atoms with Gasteiger partial charge in [-0.25, -0.2) is 0 Å². The summed E-state index contributed by atoms with van der Waals surface area (Å²) in [5.74, 6) is 9.37. The third-order valence-electron chi connectivity index (χ3n) is 8.01. The number of unbranched alkanes of at least 4 members (excludes halogenated alkanes) is 3. The molecule has 2 aromatic carbocycles. The maximum absolute atomic E-state index is 12.3. The van der Waals surface area contributed by atoms with Crippen LogP contribution in [-0.4, -0.2) is 6.36 Å². The minimum atomic E-state index is -4.68. The Morgan fingerprint density at radius 2 is 1.40 bits per heavy atom. The smallest absolute Gasteiger partial charge is 0.406 e. The van der Waals surface area contributed by atoms with E-state index < -0.39 is 6.36 Å². The molecule has 2 fully saturated rings. The highest BCUT2D eigenvalue weighted by molar-refractivity contribution is 5.45. The molecule has 2 aliphatic rings. The van der Waals surface area contributed by atoms with E-state index in [-0.39, 0.29) is 5.75 Å². The summed E-state index contributed by atoms with van der Waals surface area (Å²) in [4.78, 5) is 0. The molecule has 4 atom stereocenters. The molecular weight excluding hydrogens is 445 g/mol. The Morgan fingerprint density at radius 3 is 2.06 bits per heavy atom. The number of fused-ring (bicyclic) bond motifs is 1. The minimum Gasteiger partial charge on any atom is -0.406 e. The Hall–Kier alpha value is -2.41. The molecular formula is C31H37F3O. The SMILES string of the molecule is CCCCCCC1CCC2CC(c3ccc(C#Cc4ccc(OC(F)(F)F)cc4)cc3)CCC2C1. The van der Waals surface area contributed by atoms with Crippen molar-refractivity contribution < 1.29 is 17.9 Å². The van der Waals surface area contributed by atoms with Crippen molar-refractivity contribution >= 4 is 0 Å². The number of halogens is 3. The van der Waals surface area contributed by atoms with Crippen LogP contribution in [0.15, 0.2) is 48.5 Å². The van der Waals surface area contributed by atoms with Gasteiger partial charge in [0, 0.05) is 11.1 Å². The van der Waals surface area contributed by atoms with E-state index in [1.807, 2.05) is 0 Å². The van der Waals surface area contributed by atoms with Crippen LogP contribution in [0.1, 0.15) is 100 Å². The summed E-state index contributed by atoms with van der Waals surface area (Å²) in [6, 6.07) is 14.2. The monoisotopic (exact) mass is 482 g/mol. The van der Waals surface area contributed by atoms with Crippen molar-refractivity contribution in [3.8, 4) is 17.6 Å². The zero-order chi connectivity index (χ0) is 24.7. The van der Waals surface area contributed by atoms with Crippen molar-refractivity contribution in [3.05, 3.63) is 65.2 Å². The maximum atomic E-state index is 12.3. The Morgan fingerprint density at radius 1 is 0.771 bits per heavy atom. The number of hydrogen-bond acceptors (Lipinski definition) is 1. The van der Waals surface area contributed by atoms with Crippen LogP contribution >= 0.6 is 0 Å². The second-order valence-corrected chi connectivity index (χ2v) is 10.5. The summed E-state index contributed by atoms with van der Waals surface area (Å²) < 4.78 is 40.8. The first-order valence-electron chi connectivity index (χ1n) is 13.4. The standard InChI is InChI=1S/C31H37F3O/c1-2-3-4-5-6-25-11-16-29-22-28(18-17-27(29)21-25)26-14-9-23(10-15-26)7-8-24-12-19-30(20-13-24)35-31(32,33)34/h9-10,12-15,19-20,25,27-29H,2-6,11,16-18,21-22H2,1H3. The lowest BCUT2D eigenvalue weighted by Crippen LogP contribution is -2.30. The van der Waals surface area contributed by atoms with Gasteiger partial charge in [0.05, 0.1) is 0 Å². The van der Waals surface area contributed by atoms with Crippen LogP contribution in [0.3, 0.4) is 0 Å². The molecule has 0 saturated heterocycles. The van der Waals surface area contributed by atoms with Gasteiger partial charge in [-0.3, -0.25) is 0 Å². The third-order valence-corrected chi connectivity index (χ3v) is 8.01. The highest BCUT2D eigenvalue weighted by Crippen LogP contribution is 2.48. The summed E-state index contributed by atoms with van der Waals surface area (Å²) in [7, 11) is 0. The van der Waals surface area contributed by atoms with Crippen molar-refractivity contribution in [1.82, 2.24) is 0 Å². The van der Waals surface area contributed by atoms with E-state index in [0.717, 1.165) is 23.3 Å². The first kappa shape index (κ1) is 25.7. The molecule has 4 rings (SSSR count). The summed E-state index contributed by atoms with van der Waals surface area (Å²) in [6.07, 6.45) is 10.6. The minimum absolute atomic E-state index is 0.234. The van der Waals surface area contributed by atoms with Crippen LogP contribution in [0.25, 0.3) is 0 Å². The van der Waals surface area contributed by atoms with Crippen LogP contribution in [-0.2, 0) is 0 Å². The molecule has 1 nitrogen and oxygen atoms in total. The zero-order valence-electron chi connectivity index (χ0n) is 20.7. The van der Waals surface area contributed by atoms with E-state index in [9.17, 15) is 13.2 Å². The van der Waals surface area contributed by atoms with Gasteiger partial charge in [-0.05, 0) is 97.7 Å². The van der Waals surface area contributed by atoms with Gasteiger partial charge in [0.1, 0.15) is 5.75 Å². The number of hydrogen-bond donors (Lipinski definition) is 0. The van der Waals surface area contributed by atoms with E-state index in [0.29, 0.717) is 11.5 Å². The normalized spacial score (nSPS) is 24.2. The summed E-state index contributed by atoms with van der Waals surface area (Å²) in [5, 5.41) is 0.